The molecule has 1 unspecified atom stereocenters. The van der Waals surface area contributed by atoms with E-state index in [2.05, 4.69) is 20.6 Å². The standard InChI is InChI=1S/C13H17N5O2/c19-18(20)10-4-5-11-12(7-10)17-13(16-11)15-9-3-1-2-6-14-8-9/h4-5,7,9,14H,1-3,6,8H2,(H2,15,16,17). The Labute approximate surface area is 115 Å². The molecular formula is C13H17N5O2. The lowest BCUT2D eigenvalue weighted by Gasteiger charge is -2.15. The molecule has 7 heteroatoms. The Morgan fingerprint density at radius 2 is 2.30 bits per heavy atom. The Bertz CT molecular complexity index is 616. The van der Waals surface area contributed by atoms with Gasteiger partial charge in [0, 0.05) is 24.7 Å². The van der Waals surface area contributed by atoms with E-state index in [1.54, 1.807) is 6.07 Å². The minimum absolute atomic E-state index is 0.0730. The zero-order valence-corrected chi connectivity index (χ0v) is 11.1. The summed E-state index contributed by atoms with van der Waals surface area (Å²) in [4.78, 5) is 17.9. The van der Waals surface area contributed by atoms with Crippen molar-refractivity contribution in [3.8, 4) is 0 Å². The SMILES string of the molecule is O=[N+]([O-])c1ccc2nc(NC3CCCCNC3)[nH]c2c1. The molecule has 0 saturated carbocycles. The van der Waals surface area contributed by atoms with Gasteiger partial charge in [-0.1, -0.05) is 6.42 Å². The highest BCUT2D eigenvalue weighted by molar-refractivity contribution is 5.79. The molecule has 2 heterocycles. The van der Waals surface area contributed by atoms with Crippen LogP contribution >= 0.6 is 0 Å². The molecule has 0 bridgehead atoms. The Hall–Kier alpha value is -2.15. The lowest BCUT2D eigenvalue weighted by atomic mass is 10.1. The van der Waals surface area contributed by atoms with Crippen molar-refractivity contribution < 1.29 is 4.92 Å². The van der Waals surface area contributed by atoms with Crippen molar-refractivity contribution >= 4 is 22.7 Å². The van der Waals surface area contributed by atoms with E-state index in [9.17, 15) is 10.1 Å². The van der Waals surface area contributed by atoms with Crippen molar-refractivity contribution in [2.45, 2.75) is 25.3 Å². The number of aromatic nitrogens is 2. The van der Waals surface area contributed by atoms with E-state index in [1.165, 1.54) is 25.0 Å². The molecule has 20 heavy (non-hydrogen) atoms. The number of fused-ring (bicyclic) bond motifs is 1. The molecule has 0 aliphatic carbocycles. The molecule has 106 valence electrons. The van der Waals surface area contributed by atoms with Gasteiger partial charge in [-0.2, -0.15) is 0 Å². The summed E-state index contributed by atoms with van der Waals surface area (Å²) in [6.45, 7) is 1.97. The van der Waals surface area contributed by atoms with Crippen molar-refractivity contribution in [3.63, 3.8) is 0 Å². The number of hydrogen-bond acceptors (Lipinski definition) is 5. The molecule has 1 aliphatic heterocycles. The molecule has 7 nitrogen and oxygen atoms in total. The summed E-state index contributed by atoms with van der Waals surface area (Å²) >= 11 is 0. The molecule has 0 amide bonds. The molecule has 0 radical (unpaired) electrons. The van der Waals surface area contributed by atoms with Crippen molar-refractivity contribution in [1.29, 1.82) is 0 Å². The van der Waals surface area contributed by atoms with Gasteiger partial charge in [-0.25, -0.2) is 4.98 Å². The van der Waals surface area contributed by atoms with Crippen LogP contribution in [-0.2, 0) is 0 Å². The van der Waals surface area contributed by atoms with Crippen molar-refractivity contribution in [1.82, 2.24) is 15.3 Å². The first-order chi connectivity index (χ1) is 9.72. The van der Waals surface area contributed by atoms with Gasteiger partial charge in [0.2, 0.25) is 5.95 Å². The second-order valence-corrected chi connectivity index (χ2v) is 5.09. The molecular weight excluding hydrogens is 258 g/mol. The van der Waals surface area contributed by atoms with Gasteiger partial charge in [-0.05, 0) is 25.5 Å². The molecule has 1 aromatic carbocycles. The summed E-state index contributed by atoms with van der Waals surface area (Å²) in [6.07, 6.45) is 3.49. The van der Waals surface area contributed by atoms with Crippen LogP contribution in [0.4, 0.5) is 11.6 Å². The number of anilines is 1. The first-order valence-electron chi connectivity index (χ1n) is 6.84. The summed E-state index contributed by atoms with van der Waals surface area (Å²) in [5.74, 6) is 0.675. The highest BCUT2D eigenvalue weighted by Crippen LogP contribution is 2.21. The third kappa shape index (κ3) is 2.72. The molecule has 1 atom stereocenters. The molecule has 1 fully saturated rings. The van der Waals surface area contributed by atoms with Crippen LogP contribution in [0.3, 0.4) is 0 Å². The van der Waals surface area contributed by atoms with Crippen LogP contribution in [0.1, 0.15) is 19.3 Å². The predicted octanol–water partition coefficient (Wildman–Crippen LogP) is 2.03. The third-order valence-electron chi connectivity index (χ3n) is 3.56. The number of hydrogen-bond donors (Lipinski definition) is 3. The first-order valence-corrected chi connectivity index (χ1v) is 6.84. The fraction of sp³-hybridized carbons (Fsp3) is 0.462. The minimum Gasteiger partial charge on any atom is -0.352 e. The van der Waals surface area contributed by atoms with Crippen molar-refractivity contribution in [2.24, 2.45) is 0 Å². The van der Waals surface area contributed by atoms with E-state index < -0.39 is 4.92 Å². The van der Waals surface area contributed by atoms with Gasteiger partial charge in [0.25, 0.3) is 5.69 Å². The van der Waals surface area contributed by atoms with E-state index in [-0.39, 0.29) is 5.69 Å². The van der Waals surface area contributed by atoms with Crippen LogP contribution in [0.25, 0.3) is 11.0 Å². The maximum absolute atomic E-state index is 10.8. The van der Waals surface area contributed by atoms with Crippen molar-refractivity contribution in [2.75, 3.05) is 18.4 Å². The number of nitrogens with zero attached hydrogens (tertiary/aromatic N) is 2. The molecule has 3 N–H and O–H groups in total. The number of benzene rings is 1. The first kappa shape index (κ1) is 12.9. The number of non-ortho nitro benzene ring substituents is 1. The fourth-order valence-corrected chi connectivity index (χ4v) is 2.52. The van der Waals surface area contributed by atoms with E-state index in [0.29, 0.717) is 17.5 Å². The van der Waals surface area contributed by atoms with Crippen LogP contribution in [-0.4, -0.2) is 34.0 Å². The average molecular weight is 275 g/mol. The maximum Gasteiger partial charge on any atom is 0.271 e. The van der Waals surface area contributed by atoms with E-state index in [1.807, 2.05) is 0 Å². The van der Waals surface area contributed by atoms with Crippen LogP contribution in [0, 0.1) is 10.1 Å². The molecule has 1 aliphatic rings. The van der Waals surface area contributed by atoms with Crippen LogP contribution in [0.15, 0.2) is 18.2 Å². The zero-order valence-electron chi connectivity index (χ0n) is 11.1. The van der Waals surface area contributed by atoms with Gasteiger partial charge in [-0.15, -0.1) is 0 Å². The largest absolute Gasteiger partial charge is 0.352 e. The van der Waals surface area contributed by atoms with Gasteiger partial charge in [0.15, 0.2) is 0 Å². The Balaban J connectivity index is 1.79. The number of H-pyrrole nitrogens is 1. The van der Waals surface area contributed by atoms with Crippen LogP contribution in [0.2, 0.25) is 0 Å². The smallest absolute Gasteiger partial charge is 0.271 e. The van der Waals surface area contributed by atoms with Crippen molar-refractivity contribution in [3.05, 3.63) is 28.3 Å². The van der Waals surface area contributed by atoms with Gasteiger partial charge in [0.05, 0.1) is 16.0 Å². The number of aromatic amines is 1. The lowest BCUT2D eigenvalue weighted by Crippen LogP contribution is -2.31. The third-order valence-corrected chi connectivity index (χ3v) is 3.56. The quantitative estimate of drug-likeness (QED) is 0.588. The maximum atomic E-state index is 10.8. The molecule has 2 aromatic rings. The number of nitrogens with one attached hydrogen (secondary N) is 3. The van der Waals surface area contributed by atoms with E-state index >= 15 is 0 Å². The topological polar surface area (TPSA) is 95.9 Å². The van der Waals surface area contributed by atoms with Gasteiger partial charge >= 0.3 is 0 Å². The van der Waals surface area contributed by atoms with Crippen LogP contribution in [0.5, 0.6) is 0 Å². The second kappa shape index (κ2) is 5.46. The Morgan fingerprint density at radius 3 is 3.15 bits per heavy atom. The molecule has 1 saturated heterocycles. The van der Waals surface area contributed by atoms with Gasteiger partial charge in [0.1, 0.15) is 0 Å². The molecule has 3 rings (SSSR count). The number of imidazole rings is 1. The molecule has 0 spiro atoms. The number of nitro groups is 1. The Morgan fingerprint density at radius 1 is 1.40 bits per heavy atom. The summed E-state index contributed by atoms with van der Waals surface area (Å²) in [5, 5.41) is 17.5. The Kier molecular flexibility index (Phi) is 3.51. The van der Waals surface area contributed by atoms with Crippen LogP contribution < -0.4 is 10.6 Å². The zero-order chi connectivity index (χ0) is 13.9. The van der Waals surface area contributed by atoms with E-state index in [0.717, 1.165) is 25.0 Å². The normalized spacial score (nSPS) is 19.7. The summed E-state index contributed by atoms with van der Waals surface area (Å²) in [5.41, 5.74) is 1.49. The number of nitro benzene ring substituents is 1. The van der Waals surface area contributed by atoms with Gasteiger partial charge in [-0.3, -0.25) is 10.1 Å². The van der Waals surface area contributed by atoms with E-state index in [4.69, 9.17) is 0 Å². The highest BCUT2D eigenvalue weighted by Gasteiger charge is 2.14. The average Bonchev–Trinajstić information content (AvgIpc) is 2.64. The summed E-state index contributed by atoms with van der Waals surface area (Å²) in [7, 11) is 0. The van der Waals surface area contributed by atoms with Gasteiger partial charge < -0.3 is 15.6 Å². The summed E-state index contributed by atoms with van der Waals surface area (Å²) < 4.78 is 0. The highest BCUT2D eigenvalue weighted by atomic mass is 16.6. The fourth-order valence-electron chi connectivity index (χ4n) is 2.52. The minimum atomic E-state index is -0.400. The monoisotopic (exact) mass is 275 g/mol. The second-order valence-electron chi connectivity index (χ2n) is 5.09. The predicted molar refractivity (Wildman–Crippen MR) is 76.9 cm³/mol. The lowest BCUT2D eigenvalue weighted by molar-refractivity contribution is -0.384. The number of rotatable bonds is 3. The molecule has 1 aromatic heterocycles. The summed E-state index contributed by atoms with van der Waals surface area (Å²) in [6, 6.07) is 4.99.